The van der Waals surface area contributed by atoms with Crippen molar-refractivity contribution < 1.29 is 9.47 Å². The summed E-state index contributed by atoms with van der Waals surface area (Å²) in [6.07, 6.45) is 0.209. The van der Waals surface area contributed by atoms with Crippen LogP contribution in [0.3, 0.4) is 0 Å². The highest BCUT2D eigenvalue weighted by molar-refractivity contribution is 5.30. The van der Waals surface area contributed by atoms with Gasteiger partial charge in [0.1, 0.15) is 5.75 Å². The maximum atomic E-state index is 5.72. The topological polar surface area (TPSA) is 30.5 Å². The summed E-state index contributed by atoms with van der Waals surface area (Å²) >= 11 is 0. The van der Waals surface area contributed by atoms with Gasteiger partial charge < -0.3 is 14.8 Å². The van der Waals surface area contributed by atoms with Crippen LogP contribution in [0.25, 0.3) is 0 Å². The predicted molar refractivity (Wildman–Crippen MR) is 79.7 cm³/mol. The zero-order valence-electron chi connectivity index (χ0n) is 12.8. The number of hydrogen-bond donors (Lipinski definition) is 1. The van der Waals surface area contributed by atoms with Gasteiger partial charge in [0, 0.05) is 26.3 Å². The van der Waals surface area contributed by atoms with Crippen LogP contribution in [-0.2, 0) is 4.74 Å². The molecule has 0 spiro atoms. The van der Waals surface area contributed by atoms with Crippen LogP contribution in [0.4, 0.5) is 0 Å². The Balaban J connectivity index is 2.54. The van der Waals surface area contributed by atoms with Crippen LogP contribution in [0, 0.1) is 5.92 Å². The van der Waals surface area contributed by atoms with Crippen LogP contribution in [0.2, 0.25) is 0 Å². The molecule has 0 aliphatic carbocycles. The van der Waals surface area contributed by atoms with Gasteiger partial charge in [0.25, 0.3) is 0 Å². The zero-order chi connectivity index (χ0) is 14.3. The van der Waals surface area contributed by atoms with E-state index >= 15 is 0 Å². The SMILES string of the molecule is COCC(C)CNC(C)c1cccc(OC(C)C)c1. The number of ether oxygens (including phenoxy) is 2. The van der Waals surface area contributed by atoms with Crippen LogP contribution in [0.5, 0.6) is 5.75 Å². The average molecular weight is 265 g/mol. The van der Waals surface area contributed by atoms with Gasteiger partial charge in [-0.1, -0.05) is 19.1 Å². The van der Waals surface area contributed by atoms with Gasteiger partial charge in [-0.2, -0.15) is 0 Å². The Hall–Kier alpha value is -1.06. The number of benzene rings is 1. The van der Waals surface area contributed by atoms with E-state index in [0.717, 1.165) is 18.9 Å². The summed E-state index contributed by atoms with van der Waals surface area (Å²) < 4.78 is 10.9. The third-order valence-corrected chi connectivity index (χ3v) is 2.95. The second kappa shape index (κ2) is 8.18. The molecule has 0 bridgehead atoms. The van der Waals surface area contributed by atoms with Gasteiger partial charge in [-0.3, -0.25) is 0 Å². The van der Waals surface area contributed by atoms with Crippen LogP contribution < -0.4 is 10.1 Å². The van der Waals surface area contributed by atoms with E-state index in [0.29, 0.717) is 12.0 Å². The lowest BCUT2D eigenvalue weighted by Gasteiger charge is -2.19. The third kappa shape index (κ3) is 6.08. The summed E-state index contributed by atoms with van der Waals surface area (Å²) in [7, 11) is 1.74. The lowest BCUT2D eigenvalue weighted by atomic mass is 10.1. The highest BCUT2D eigenvalue weighted by Crippen LogP contribution is 2.20. The Morgan fingerprint density at radius 1 is 1.16 bits per heavy atom. The Labute approximate surface area is 117 Å². The predicted octanol–water partition coefficient (Wildman–Crippen LogP) is 3.41. The fraction of sp³-hybridized carbons (Fsp3) is 0.625. The molecule has 1 aromatic rings. The number of nitrogens with one attached hydrogen (secondary N) is 1. The molecule has 1 N–H and O–H groups in total. The van der Waals surface area contributed by atoms with E-state index in [4.69, 9.17) is 9.47 Å². The smallest absolute Gasteiger partial charge is 0.120 e. The van der Waals surface area contributed by atoms with Crippen molar-refractivity contribution >= 4 is 0 Å². The molecule has 108 valence electrons. The molecule has 19 heavy (non-hydrogen) atoms. The minimum Gasteiger partial charge on any atom is -0.491 e. The molecule has 0 fully saturated rings. The van der Waals surface area contributed by atoms with E-state index in [1.54, 1.807) is 7.11 Å². The summed E-state index contributed by atoms with van der Waals surface area (Å²) in [6.45, 7) is 10.2. The first-order valence-electron chi connectivity index (χ1n) is 7.01. The maximum absolute atomic E-state index is 5.72. The lowest BCUT2D eigenvalue weighted by molar-refractivity contribution is 0.157. The summed E-state index contributed by atoms with van der Waals surface area (Å²) in [6, 6.07) is 8.60. The minimum absolute atomic E-state index is 0.209. The molecule has 0 aromatic heterocycles. The van der Waals surface area contributed by atoms with Crippen LogP contribution in [0.1, 0.15) is 39.3 Å². The van der Waals surface area contributed by atoms with E-state index in [-0.39, 0.29) is 6.10 Å². The molecule has 1 rings (SSSR count). The van der Waals surface area contributed by atoms with Gasteiger partial charge >= 0.3 is 0 Å². The molecule has 2 unspecified atom stereocenters. The van der Waals surface area contributed by atoms with Crippen molar-refractivity contribution in [2.75, 3.05) is 20.3 Å². The summed E-state index contributed by atoms with van der Waals surface area (Å²) in [5.74, 6) is 1.45. The first-order chi connectivity index (χ1) is 9.02. The largest absolute Gasteiger partial charge is 0.491 e. The first kappa shape index (κ1) is 16.0. The number of hydrogen-bond acceptors (Lipinski definition) is 3. The van der Waals surface area contributed by atoms with Crippen molar-refractivity contribution in [3.63, 3.8) is 0 Å². The fourth-order valence-corrected chi connectivity index (χ4v) is 1.97. The monoisotopic (exact) mass is 265 g/mol. The molecule has 0 aliphatic heterocycles. The fourth-order valence-electron chi connectivity index (χ4n) is 1.97. The van der Waals surface area contributed by atoms with Crippen molar-refractivity contribution in [2.45, 2.75) is 39.8 Å². The Kier molecular flexibility index (Phi) is 6.89. The van der Waals surface area contributed by atoms with Gasteiger partial charge in [0.2, 0.25) is 0 Å². The molecule has 3 heteroatoms. The molecular formula is C16H27NO2. The molecule has 3 nitrogen and oxygen atoms in total. The van der Waals surface area contributed by atoms with E-state index in [2.05, 4.69) is 31.3 Å². The van der Waals surface area contributed by atoms with Gasteiger partial charge in [-0.05, 0) is 44.4 Å². The normalized spacial score (nSPS) is 14.4. The number of methoxy groups -OCH3 is 1. The standard InChI is InChI=1S/C16H27NO2/c1-12(2)19-16-8-6-7-15(9-16)14(4)17-10-13(3)11-18-5/h6-9,12-14,17H,10-11H2,1-5H3. The molecular weight excluding hydrogens is 238 g/mol. The van der Waals surface area contributed by atoms with Crippen LogP contribution >= 0.6 is 0 Å². The third-order valence-electron chi connectivity index (χ3n) is 2.95. The van der Waals surface area contributed by atoms with Crippen molar-refractivity contribution in [2.24, 2.45) is 5.92 Å². The average Bonchev–Trinajstić information content (AvgIpc) is 2.36. The quantitative estimate of drug-likeness (QED) is 0.781. The highest BCUT2D eigenvalue weighted by Gasteiger charge is 2.08. The Bertz CT molecular complexity index is 366. The second-order valence-corrected chi connectivity index (χ2v) is 5.43. The molecule has 1 aromatic carbocycles. The lowest BCUT2D eigenvalue weighted by Crippen LogP contribution is -2.26. The molecule has 0 saturated carbocycles. The van der Waals surface area contributed by atoms with Gasteiger partial charge in [0.15, 0.2) is 0 Å². The van der Waals surface area contributed by atoms with Crippen LogP contribution in [0.15, 0.2) is 24.3 Å². The number of rotatable bonds is 8. The molecule has 0 aliphatic rings. The van der Waals surface area contributed by atoms with E-state index in [9.17, 15) is 0 Å². The van der Waals surface area contributed by atoms with Gasteiger partial charge in [-0.25, -0.2) is 0 Å². The van der Waals surface area contributed by atoms with E-state index in [1.807, 2.05) is 26.0 Å². The zero-order valence-corrected chi connectivity index (χ0v) is 12.8. The van der Waals surface area contributed by atoms with Gasteiger partial charge in [0.05, 0.1) is 6.10 Å². The summed E-state index contributed by atoms with van der Waals surface area (Å²) in [5, 5.41) is 3.53. The molecule has 2 atom stereocenters. The van der Waals surface area contributed by atoms with E-state index < -0.39 is 0 Å². The van der Waals surface area contributed by atoms with Gasteiger partial charge in [-0.15, -0.1) is 0 Å². The van der Waals surface area contributed by atoms with Crippen molar-refractivity contribution in [3.05, 3.63) is 29.8 Å². The first-order valence-corrected chi connectivity index (χ1v) is 7.01. The van der Waals surface area contributed by atoms with Crippen LogP contribution in [-0.4, -0.2) is 26.4 Å². The maximum Gasteiger partial charge on any atom is 0.120 e. The molecule has 0 saturated heterocycles. The highest BCUT2D eigenvalue weighted by atomic mass is 16.5. The summed E-state index contributed by atoms with van der Waals surface area (Å²) in [5.41, 5.74) is 1.25. The molecule has 0 heterocycles. The molecule has 0 radical (unpaired) electrons. The summed E-state index contributed by atoms with van der Waals surface area (Å²) in [4.78, 5) is 0. The molecule has 0 amide bonds. The van der Waals surface area contributed by atoms with E-state index in [1.165, 1.54) is 5.56 Å². The second-order valence-electron chi connectivity index (χ2n) is 5.43. The van der Waals surface area contributed by atoms with Crippen molar-refractivity contribution in [3.8, 4) is 5.75 Å². The van der Waals surface area contributed by atoms with Crippen molar-refractivity contribution in [1.82, 2.24) is 5.32 Å². The minimum atomic E-state index is 0.209. The van der Waals surface area contributed by atoms with Crippen molar-refractivity contribution in [1.29, 1.82) is 0 Å². The Morgan fingerprint density at radius 2 is 1.89 bits per heavy atom. The Morgan fingerprint density at radius 3 is 2.53 bits per heavy atom.